The molecule has 0 bridgehead atoms. The summed E-state index contributed by atoms with van der Waals surface area (Å²) in [4.78, 5) is 14.2. The van der Waals surface area contributed by atoms with E-state index < -0.39 is 0 Å². The molecule has 2 fully saturated rings. The molecule has 2 aromatic heterocycles. The van der Waals surface area contributed by atoms with E-state index in [0.717, 1.165) is 36.8 Å². The predicted octanol–water partition coefficient (Wildman–Crippen LogP) is 2.53. The van der Waals surface area contributed by atoms with Crippen molar-refractivity contribution in [3.8, 4) is 0 Å². The Balaban J connectivity index is 1.54. The van der Waals surface area contributed by atoms with Gasteiger partial charge in [0.15, 0.2) is 0 Å². The molecule has 2 aliphatic heterocycles. The lowest BCUT2D eigenvalue weighted by Gasteiger charge is -2.30. The lowest BCUT2D eigenvalue weighted by molar-refractivity contribution is 0.149. The molecule has 0 aromatic carbocycles. The van der Waals surface area contributed by atoms with Crippen molar-refractivity contribution >= 4 is 27.4 Å². The summed E-state index contributed by atoms with van der Waals surface area (Å²) in [7, 11) is 0. The molecule has 2 saturated heterocycles. The van der Waals surface area contributed by atoms with Crippen LogP contribution in [0.4, 0.5) is 5.82 Å². The first-order valence-electron chi connectivity index (χ1n) is 9.04. The molecule has 2 atom stereocenters. The van der Waals surface area contributed by atoms with Crippen LogP contribution in [-0.2, 0) is 0 Å². The van der Waals surface area contributed by atoms with E-state index in [2.05, 4.69) is 26.2 Å². The molecule has 1 N–H and O–H groups in total. The second kappa shape index (κ2) is 6.94. The summed E-state index contributed by atoms with van der Waals surface area (Å²) in [5.41, 5.74) is 1.04. The molecule has 4 rings (SSSR count). The van der Waals surface area contributed by atoms with Gasteiger partial charge in [-0.25, -0.2) is 9.97 Å². The Morgan fingerprint density at radius 2 is 1.96 bits per heavy atom. The Labute approximate surface area is 147 Å². The minimum Gasteiger partial charge on any atom is -0.396 e. The highest BCUT2D eigenvalue weighted by Gasteiger charge is 2.35. The fraction of sp³-hybridized carbons (Fsp3) is 0.667. The molecule has 2 aliphatic rings. The van der Waals surface area contributed by atoms with Gasteiger partial charge in [0.05, 0.1) is 10.2 Å². The maximum absolute atomic E-state index is 9.88. The van der Waals surface area contributed by atoms with Crippen molar-refractivity contribution in [2.45, 2.75) is 26.2 Å². The lowest BCUT2D eigenvalue weighted by atomic mass is 9.95. The van der Waals surface area contributed by atoms with E-state index in [1.54, 1.807) is 11.3 Å². The van der Waals surface area contributed by atoms with Crippen molar-refractivity contribution in [2.24, 2.45) is 11.8 Å². The van der Waals surface area contributed by atoms with E-state index in [0.29, 0.717) is 11.8 Å². The number of piperidine rings is 1. The van der Waals surface area contributed by atoms with Crippen molar-refractivity contribution < 1.29 is 5.11 Å². The molecule has 130 valence electrons. The fourth-order valence-electron chi connectivity index (χ4n) is 4.17. The largest absolute Gasteiger partial charge is 0.396 e. The third-order valence-corrected chi connectivity index (χ3v) is 6.35. The first-order valence-corrected chi connectivity index (χ1v) is 9.92. The van der Waals surface area contributed by atoms with Gasteiger partial charge in [0.25, 0.3) is 0 Å². The second-order valence-electron chi connectivity index (χ2n) is 7.20. The average molecular weight is 346 g/mol. The van der Waals surface area contributed by atoms with Crippen molar-refractivity contribution in [1.29, 1.82) is 0 Å². The number of anilines is 1. The van der Waals surface area contributed by atoms with Gasteiger partial charge in [-0.2, -0.15) is 0 Å². The van der Waals surface area contributed by atoms with E-state index in [4.69, 9.17) is 4.98 Å². The first-order chi connectivity index (χ1) is 11.7. The van der Waals surface area contributed by atoms with E-state index in [9.17, 15) is 5.11 Å². The molecule has 0 aliphatic carbocycles. The summed E-state index contributed by atoms with van der Waals surface area (Å²) in [6.07, 6.45) is 4.01. The van der Waals surface area contributed by atoms with Crippen LogP contribution in [0.1, 0.15) is 25.1 Å². The maximum Gasteiger partial charge on any atom is 0.150 e. The summed E-state index contributed by atoms with van der Waals surface area (Å²) in [6.45, 7) is 7.67. The van der Waals surface area contributed by atoms with Crippen LogP contribution in [-0.4, -0.2) is 59.3 Å². The van der Waals surface area contributed by atoms with Crippen molar-refractivity contribution in [3.05, 3.63) is 17.3 Å². The Kier molecular flexibility index (Phi) is 4.70. The van der Waals surface area contributed by atoms with Gasteiger partial charge < -0.3 is 14.9 Å². The molecule has 6 heteroatoms. The van der Waals surface area contributed by atoms with E-state index in [-0.39, 0.29) is 6.61 Å². The summed E-state index contributed by atoms with van der Waals surface area (Å²) in [5, 5.41) is 12.0. The Hall–Kier alpha value is -1.24. The highest BCUT2D eigenvalue weighted by atomic mass is 32.1. The number of hydrogen-bond donors (Lipinski definition) is 1. The number of rotatable bonds is 4. The molecule has 2 aromatic rings. The molecular formula is C18H26N4OS. The number of aliphatic hydroxyl groups excluding tert-OH is 1. The molecular weight excluding hydrogens is 320 g/mol. The summed E-state index contributed by atoms with van der Waals surface area (Å²) < 4.78 is 1.18. The van der Waals surface area contributed by atoms with Crippen LogP contribution in [0.2, 0.25) is 0 Å². The van der Waals surface area contributed by atoms with Gasteiger partial charge in [-0.1, -0.05) is 6.42 Å². The number of likely N-dealkylation sites (tertiary alicyclic amines) is 1. The standard InChI is InChI=1S/C18H26N4OS/c1-13-19-16-5-8-24-17(16)18(20-13)22-10-14(15(11-22)12-23)9-21-6-3-2-4-7-21/h5,8,14-15,23H,2-4,6-7,9-12H2,1H3. The second-order valence-corrected chi connectivity index (χ2v) is 8.11. The minimum atomic E-state index is 0.270. The van der Waals surface area contributed by atoms with Crippen LogP contribution in [0.15, 0.2) is 11.4 Å². The topological polar surface area (TPSA) is 52.5 Å². The first kappa shape index (κ1) is 16.2. The van der Waals surface area contributed by atoms with Crippen LogP contribution in [0.5, 0.6) is 0 Å². The van der Waals surface area contributed by atoms with Crippen LogP contribution >= 0.6 is 11.3 Å². The van der Waals surface area contributed by atoms with Gasteiger partial charge in [0.2, 0.25) is 0 Å². The number of nitrogens with zero attached hydrogens (tertiary/aromatic N) is 4. The van der Waals surface area contributed by atoms with Crippen molar-refractivity contribution in [1.82, 2.24) is 14.9 Å². The molecule has 5 nitrogen and oxygen atoms in total. The van der Waals surface area contributed by atoms with Gasteiger partial charge in [0, 0.05) is 32.2 Å². The Morgan fingerprint density at radius 3 is 2.75 bits per heavy atom. The maximum atomic E-state index is 9.88. The van der Waals surface area contributed by atoms with Crippen LogP contribution in [0.3, 0.4) is 0 Å². The Morgan fingerprint density at radius 1 is 1.17 bits per heavy atom. The summed E-state index contributed by atoms with van der Waals surface area (Å²) >= 11 is 1.72. The monoisotopic (exact) mass is 346 g/mol. The van der Waals surface area contributed by atoms with Gasteiger partial charge in [-0.05, 0) is 50.2 Å². The molecule has 2 unspecified atom stereocenters. The van der Waals surface area contributed by atoms with Gasteiger partial charge in [-0.15, -0.1) is 11.3 Å². The smallest absolute Gasteiger partial charge is 0.150 e. The molecule has 0 radical (unpaired) electrons. The van der Waals surface area contributed by atoms with Gasteiger partial charge in [-0.3, -0.25) is 0 Å². The molecule has 24 heavy (non-hydrogen) atoms. The third kappa shape index (κ3) is 3.15. The predicted molar refractivity (Wildman–Crippen MR) is 98.7 cm³/mol. The number of hydrogen-bond acceptors (Lipinski definition) is 6. The lowest BCUT2D eigenvalue weighted by Crippen LogP contribution is -2.37. The van der Waals surface area contributed by atoms with E-state index in [1.165, 1.54) is 37.1 Å². The normalized spacial score (nSPS) is 25.7. The highest BCUT2D eigenvalue weighted by Crippen LogP contribution is 2.34. The summed E-state index contributed by atoms with van der Waals surface area (Å²) in [6, 6.07) is 2.07. The minimum absolute atomic E-state index is 0.270. The van der Waals surface area contributed by atoms with Crippen molar-refractivity contribution in [2.75, 3.05) is 44.2 Å². The van der Waals surface area contributed by atoms with Crippen LogP contribution < -0.4 is 4.90 Å². The molecule has 0 amide bonds. The van der Waals surface area contributed by atoms with Gasteiger partial charge >= 0.3 is 0 Å². The van der Waals surface area contributed by atoms with E-state index >= 15 is 0 Å². The quantitative estimate of drug-likeness (QED) is 0.922. The third-order valence-electron chi connectivity index (χ3n) is 5.45. The van der Waals surface area contributed by atoms with E-state index in [1.807, 2.05) is 6.92 Å². The number of aryl methyl sites for hydroxylation is 1. The number of aromatic nitrogens is 2. The number of aliphatic hydroxyl groups is 1. The molecule has 4 heterocycles. The number of thiophene rings is 1. The molecule has 0 saturated carbocycles. The zero-order valence-electron chi connectivity index (χ0n) is 14.3. The molecule has 0 spiro atoms. The van der Waals surface area contributed by atoms with Gasteiger partial charge in [0.1, 0.15) is 11.6 Å². The van der Waals surface area contributed by atoms with Crippen LogP contribution in [0.25, 0.3) is 10.2 Å². The Bertz CT molecular complexity index is 697. The SMILES string of the molecule is Cc1nc(N2CC(CO)C(CN3CCCCC3)C2)c2sccc2n1. The fourth-order valence-corrected chi connectivity index (χ4v) is 5.02. The zero-order valence-corrected chi connectivity index (χ0v) is 15.1. The van der Waals surface area contributed by atoms with Crippen molar-refractivity contribution in [3.63, 3.8) is 0 Å². The highest BCUT2D eigenvalue weighted by molar-refractivity contribution is 7.17. The van der Waals surface area contributed by atoms with Crippen LogP contribution in [0, 0.1) is 18.8 Å². The zero-order chi connectivity index (χ0) is 16.5. The summed E-state index contributed by atoms with van der Waals surface area (Å²) in [5.74, 6) is 2.76. The number of fused-ring (bicyclic) bond motifs is 1. The average Bonchev–Trinajstić information content (AvgIpc) is 3.21.